The van der Waals surface area contributed by atoms with Crippen molar-refractivity contribution in [2.75, 3.05) is 0 Å². The van der Waals surface area contributed by atoms with Crippen molar-refractivity contribution >= 4 is 22.8 Å². The van der Waals surface area contributed by atoms with Crippen LogP contribution < -0.4 is 5.63 Å². The number of hydrogen-bond acceptors (Lipinski definition) is 5. The van der Waals surface area contributed by atoms with E-state index in [9.17, 15) is 14.7 Å². The molecule has 0 saturated heterocycles. The molecule has 2 aromatic heterocycles. The number of aryl methyl sites for hydroxylation is 1. The quantitative estimate of drug-likeness (QED) is 0.455. The summed E-state index contributed by atoms with van der Waals surface area (Å²) in [5, 5.41) is 10.6. The molecule has 1 aromatic carbocycles. The van der Waals surface area contributed by atoms with Crippen LogP contribution in [0.1, 0.15) is 21.7 Å². The van der Waals surface area contributed by atoms with Crippen LogP contribution in [0, 0.1) is 6.92 Å². The van der Waals surface area contributed by atoms with Gasteiger partial charge in [-0.05, 0) is 48.9 Å². The molecule has 0 aliphatic carbocycles. The van der Waals surface area contributed by atoms with E-state index in [1.54, 1.807) is 25.1 Å². The molecule has 5 nitrogen and oxygen atoms in total. The van der Waals surface area contributed by atoms with Crippen LogP contribution in [0.15, 0.2) is 56.3 Å². The maximum absolute atomic E-state index is 12.3. The van der Waals surface area contributed by atoms with Crippen molar-refractivity contribution in [2.24, 2.45) is 0 Å². The monoisotopic (exact) mass is 296 g/mol. The van der Waals surface area contributed by atoms with E-state index in [1.165, 1.54) is 30.5 Å². The van der Waals surface area contributed by atoms with Crippen LogP contribution in [0.4, 0.5) is 0 Å². The number of phenols is 1. The van der Waals surface area contributed by atoms with Crippen molar-refractivity contribution in [2.45, 2.75) is 6.92 Å². The predicted octanol–water partition coefficient (Wildman–Crippen LogP) is 3.30. The second-order valence-electron chi connectivity index (χ2n) is 4.80. The molecule has 0 aliphatic rings. The fraction of sp³-hybridized carbons (Fsp3) is 0.0588. The van der Waals surface area contributed by atoms with Gasteiger partial charge in [-0.3, -0.25) is 4.79 Å². The average Bonchev–Trinajstić information content (AvgIpc) is 2.97. The molecule has 0 amide bonds. The van der Waals surface area contributed by atoms with Gasteiger partial charge in [-0.2, -0.15) is 0 Å². The van der Waals surface area contributed by atoms with Gasteiger partial charge >= 0.3 is 5.63 Å². The minimum atomic E-state index is -0.570. The number of carbonyl (C=O) groups is 1. The summed E-state index contributed by atoms with van der Waals surface area (Å²) in [5.74, 6) is -0.214. The second-order valence-corrected chi connectivity index (χ2v) is 4.80. The summed E-state index contributed by atoms with van der Waals surface area (Å²) in [6.07, 6.45) is 4.23. The molecule has 0 radical (unpaired) electrons. The van der Waals surface area contributed by atoms with Crippen molar-refractivity contribution in [3.05, 3.63) is 70.0 Å². The van der Waals surface area contributed by atoms with Crippen molar-refractivity contribution in [1.29, 1.82) is 0 Å². The first-order valence-corrected chi connectivity index (χ1v) is 6.58. The summed E-state index contributed by atoms with van der Waals surface area (Å²) in [6.45, 7) is 1.74. The molecule has 0 bridgehead atoms. The molecule has 22 heavy (non-hydrogen) atoms. The van der Waals surface area contributed by atoms with Gasteiger partial charge in [0.25, 0.3) is 0 Å². The zero-order valence-corrected chi connectivity index (χ0v) is 11.7. The third-order valence-corrected chi connectivity index (χ3v) is 3.29. The molecule has 3 aromatic rings. The summed E-state index contributed by atoms with van der Waals surface area (Å²) in [5.41, 5.74) is 0.148. The van der Waals surface area contributed by atoms with Gasteiger partial charge in [-0.15, -0.1) is 0 Å². The van der Waals surface area contributed by atoms with Crippen molar-refractivity contribution in [3.8, 4) is 5.75 Å². The molecule has 0 saturated carbocycles. The van der Waals surface area contributed by atoms with Gasteiger partial charge < -0.3 is 13.9 Å². The van der Waals surface area contributed by atoms with Gasteiger partial charge in [0.1, 0.15) is 17.1 Å². The number of carbonyl (C=O) groups excluding carboxylic acids is 1. The summed E-state index contributed by atoms with van der Waals surface area (Å²) in [7, 11) is 0. The Morgan fingerprint density at radius 1 is 1.27 bits per heavy atom. The SMILES string of the molecule is Cc1cc(=O)oc2c(C(=O)/C=C/c3ccco3)c(O)ccc12. The minimum absolute atomic E-state index is 0.0406. The fourth-order valence-corrected chi connectivity index (χ4v) is 2.24. The van der Waals surface area contributed by atoms with E-state index in [0.29, 0.717) is 16.7 Å². The molecule has 110 valence electrons. The van der Waals surface area contributed by atoms with Crippen LogP contribution in [-0.4, -0.2) is 10.9 Å². The molecule has 0 aliphatic heterocycles. The number of furan rings is 1. The Balaban J connectivity index is 2.15. The van der Waals surface area contributed by atoms with Crippen molar-refractivity contribution in [3.63, 3.8) is 0 Å². The van der Waals surface area contributed by atoms with Crippen LogP contribution in [0.2, 0.25) is 0 Å². The number of rotatable bonds is 3. The Labute approximate surface area is 125 Å². The lowest BCUT2D eigenvalue weighted by Gasteiger charge is -2.06. The number of benzene rings is 1. The maximum atomic E-state index is 12.3. The largest absolute Gasteiger partial charge is 0.507 e. The first-order chi connectivity index (χ1) is 10.6. The van der Waals surface area contributed by atoms with Crippen LogP contribution in [0.5, 0.6) is 5.75 Å². The van der Waals surface area contributed by atoms with Gasteiger partial charge in [0.15, 0.2) is 11.4 Å². The smallest absolute Gasteiger partial charge is 0.336 e. The zero-order chi connectivity index (χ0) is 15.7. The third-order valence-electron chi connectivity index (χ3n) is 3.29. The van der Waals surface area contributed by atoms with Crippen LogP contribution >= 0.6 is 0 Å². The van der Waals surface area contributed by atoms with Crippen LogP contribution in [0.3, 0.4) is 0 Å². The molecule has 3 rings (SSSR count). The average molecular weight is 296 g/mol. The summed E-state index contributed by atoms with van der Waals surface area (Å²) < 4.78 is 10.2. The van der Waals surface area contributed by atoms with E-state index in [2.05, 4.69) is 0 Å². The number of ketones is 1. The normalized spacial score (nSPS) is 11.3. The molecule has 0 spiro atoms. The number of fused-ring (bicyclic) bond motifs is 1. The topological polar surface area (TPSA) is 80.7 Å². The van der Waals surface area contributed by atoms with Gasteiger partial charge in [0, 0.05) is 11.5 Å². The lowest BCUT2D eigenvalue weighted by molar-refractivity contribution is 0.104. The van der Waals surface area contributed by atoms with E-state index >= 15 is 0 Å². The highest BCUT2D eigenvalue weighted by Gasteiger charge is 2.17. The van der Waals surface area contributed by atoms with E-state index in [4.69, 9.17) is 8.83 Å². The molecule has 0 atom stereocenters. The second kappa shape index (κ2) is 5.37. The Morgan fingerprint density at radius 2 is 2.09 bits per heavy atom. The lowest BCUT2D eigenvalue weighted by Crippen LogP contribution is -2.03. The number of hydrogen-bond donors (Lipinski definition) is 1. The van der Waals surface area contributed by atoms with Gasteiger partial charge in [-0.1, -0.05) is 0 Å². The number of phenolic OH excluding ortho intramolecular Hbond substituents is 1. The lowest BCUT2D eigenvalue weighted by atomic mass is 10.0. The van der Waals surface area contributed by atoms with E-state index in [-0.39, 0.29) is 16.9 Å². The predicted molar refractivity (Wildman–Crippen MR) is 81.0 cm³/mol. The van der Waals surface area contributed by atoms with Crippen molar-refractivity contribution in [1.82, 2.24) is 0 Å². The Bertz CT molecular complexity index is 930. The fourth-order valence-electron chi connectivity index (χ4n) is 2.24. The Kier molecular flexibility index (Phi) is 3.39. The Hall–Kier alpha value is -3.08. The molecule has 0 unspecified atom stereocenters. The molecule has 2 heterocycles. The highest BCUT2D eigenvalue weighted by molar-refractivity contribution is 6.15. The zero-order valence-electron chi connectivity index (χ0n) is 11.7. The molecular weight excluding hydrogens is 284 g/mol. The first-order valence-electron chi connectivity index (χ1n) is 6.58. The number of allylic oxidation sites excluding steroid dienone is 1. The first kappa shape index (κ1) is 13.9. The van der Waals surface area contributed by atoms with Gasteiger partial charge in [0.05, 0.1) is 6.26 Å². The van der Waals surface area contributed by atoms with Crippen LogP contribution in [0.25, 0.3) is 17.0 Å². The van der Waals surface area contributed by atoms with Crippen LogP contribution in [-0.2, 0) is 0 Å². The van der Waals surface area contributed by atoms with E-state index in [1.807, 2.05) is 0 Å². The van der Waals surface area contributed by atoms with Gasteiger partial charge in [0.2, 0.25) is 0 Å². The number of aromatic hydroxyl groups is 1. The molecule has 5 heteroatoms. The van der Waals surface area contributed by atoms with Crippen molar-refractivity contribution < 1.29 is 18.7 Å². The minimum Gasteiger partial charge on any atom is -0.507 e. The van der Waals surface area contributed by atoms with E-state index < -0.39 is 11.4 Å². The molecule has 0 fully saturated rings. The summed E-state index contributed by atoms with van der Waals surface area (Å²) in [4.78, 5) is 23.9. The highest BCUT2D eigenvalue weighted by Crippen LogP contribution is 2.28. The van der Waals surface area contributed by atoms with E-state index in [0.717, 1.165) is 0 Å². The summed E-state index contributed by atoms with van der Waals surface area (Å²) >= 11 is 0. The highest BCUT2D eigenvalue weighted by atomic mass is 16.4. The summed E-state index contributed by atoms with van der Waals surface area (Å²) in [6, 6.07) is 7.74. The molecule has 1 N–H and O–H groups in total. The van der Waals surface area contributed by atoms with Gasteiger partial charge in [-0.25, -0.2) is 4.79 Å². The Morgan fingerprint density at radius 3 is 2.82 bits per heavy atom. The maximum Gasteiger partial charge on any atom is 0.336 e. The third kappa shape index (κ3) is 2.44. The molecular formula is C17H12O5. The standard InChI is InChI=1S/C17H12O5/c1-10-9-15(20)22-17-12(10)5-7-14(19)16(17)13(18)6-4-11-3-2-8-21-11/h2-9,19H,1H3/b6-4+.